The molecule has 1 rings (SSSR count). The van der Waals surface area contributed by atoms with Gasteiger partial charge in [0.25, 0.3) is 0 Å². The third-order valence-corrected chi connectivity index (χ3v) is 3.05. The van der Waals surface area contributed by atoms with Crippen molar-refractivity contribution in [1.29, 1.82) is 0 Å². The van der Waals surface area contributed by atoms with Crippen molar-refractivity contribution in [2.24, 2.45) is 11.8 Å². The number of hydrogen-bond donors (Lipinski definition) is 0. The Bertz CT molecular complexity index is 226. The second-order valence-electron chi connectivity index (χ2n) is 5.43. The summed E-state index contributed by atoms with van der Waals surface area (Å²) in [6.07, 6.45) is 0.596. The first-order valence-corrected chi connectivity index (χ1v) is 6.35. The molecule has 0 aromatic heterocycles. The Kier molecular flexibility index (Phi) is 5.42. The van der Waals surface area contributed by atoms with Gasteiger partial charge in [0.2, 0.25) is 0 Å². The Balaban J connectivity index is 2.49. The van der Waals surface area contributed by atoms with Crippen molar-refractivity contribution in [2.75, 3.05) is 26.3 Å². The highest BCUT2D eigenvalue weighted by Crippen LogP contribution is 2.14. The predicted octanol–water partition coefficient (Wildman–Crippen LogP) is 1.96. The summed E-state index contributed by atoms with van der Waals surface area (Å²) in [6.45, 7) is 12.0. The van der Waals surface area contributed by atoms with Gasteiger partial charge in [-0.05, 0) is 19.8 Å². The summed E-state index contributed by atoms with van der Waals surface area (Å²) >= 11 is 0. The largest absolute Gasteiger partial charge is 0.380 e. The van der Waals surface area contributed by atoms with Gasteiger partial charge >= 0.3 is 0 Å². The van der Waals surface area contributed by atoms with Gasteiger partial charge in [0.1, 0.15) is 5.78 Å². The molecule has 94 valence electrons. The molecule has 0 amide bonds. The normalized spacial score (nSPS) is 22.4. The molecule has 1 heterocycles. The summed E-state index contributed by atoms with van der Waals surface area (Å²) in [4.78, 5) is 14.1. The van der Waals surface area contributed by atoms with Crippen molar-refractivity contribution in [1.82, 2.24) is 4.90 Å². The van der Waals surface area contributed by atoms with E-state index >= 15 is 0 Å². The molecule has 16 heavy (non-hydrogen) atoms. The molecule has 1 aliphatic rings. The minimum Gasteiger partial charge on any atom is -0.380 e. The SMILES string of the molecule is CC(C)CN(CC1COCCC1=O)C(C)C. The second kappa shape index (κ2) is 6.36. The van der Waals surface area contributed by atoms with Gasteiger partial charge in [0.05, 0.1) is 19.1 Å². The minimum atomic E-state index is 0.0925. The van der Waals surface area contributed by atoms with Crippen LogP contribution in [0, 0.1) is 11.8 Å². The molecule has 0 radical (unpaired) electrons. The van der Waals surface area contributed by atoms with E-state index in [0.29, 0.717) is 37.4 Å². The van der Waals surface area contributed by atoms with E-state index in [1.54, 1.807) is 0 Å². The third kappa shape index (κ3) is 4.22. The molecular weight excluding hydrogens is 202 g/mol. The Morgan fingerprint density at radius 1 is 1.38 bits per heavy atom. The van der Waals surface area contributed by atoms with E-state index in [4.69, 9.17) is 4.74 Å². The molecule has 0 spiro atoms. The first kappa shape index (κ1) is 13.7. The molecule has 0 aromatic rings. The first-order chi connectivity index (χ1) is 7.50. The lowest BCUT2D eigenvalue weighted by molar-refractivity contribution is -0.131. The number of carbonyl (C=O) groups excluding carboxylic acids is 1. The van der Waals surface area contributed by atoms with Crippen LogP contribution in [0.4, 0.5) is 0 Å². The lowest BCUT2D eigenvalue weighted by atomic mass is 9.99. The second-order valence-corrected chi connectivity index (χ2v) is 5.43. The summed E-state index contributed by atoms with van der Waals surface area (Å²) in [5, 5.41) is 0. The quantitative estimate of drug-likeness (QED) is 0.719. The van der Waals surface area contributed by atoms with Gasteiger partial charge in [-0.15, -0.1) is 0 Å². The Hall–Kier alpha value is -0.410. The maximum absolute atomic E-state index is 11.7. The number of ether oxygens (including phenoxy) is 1. The van der Waals surface area contributed by atoms with Crippen molar-refractivity contribution in [3.05, 3.63) is 0 Å². The highest BCUT2D eigenvalue weighted by Gasteiger charge is 2.26. The molecular formula is C13H25NO2. The molecule has 1 aliphatic heterocycles. The van der Waals surface area contributed by atoms with Gasteiger partial charge in [0, 0.05) is 25.6 Å². The molecule has 0 aromatic carbocycles. The zero-order valence-electron chi connectivity index (χ0n) is 11.0. The fourth-order valence-electron chi connectivity index (χ4n) is 2.10. The topological polar surface area (TPSA) is 29.5 Å². The van der Waals surface area contributed by atoms with Crippen LogP contribution < -0.4 is 0 Å². The van der Waals surface area contributed by atoms with Crippen LogP contribution in [-0.2, 0) is 9.53 Å². The summed E-state index contributed by atoms with van der Waals surface area (Å²) in [7, 11) is 0. The standard InChI is InChI=1S/C13H25NO2/c1-10(2)7-14(11(3)4)8-12-9-16-6-5-13(12)15/h10-12H,5-9H2,1-4H3. The fourth-order valence-corrected chi connectivity index (χ4v) is 2.10. The minimum absolute atomic E-state index is 0.0925. The average molecular weight is 227 g/mol. The van der Waals surface area contributed by atoms with Crippen LogP contribution in [0.15, 0.2) is 0 Å². The summed E-state index contributed by atoms with van der Waals surface area (Å²) in [5.74, 6) is 1.11. The summed E-state index contributed by atoms with van der Waals surface area (Å²) in [6, 6.07) is 0.497. The lowest BCUT2D eigenvalue weighted by Gasteiger charge is -2.32. The zero-order chi connectivity index (χ0) is 12.1. The number of rotatable bonds is 5. The lowest BCUT2D eigenvalue weighted by Crippen LogP contribution is -2.43. The summed E-state index contributed by atoms with van der Waals surface area (Å²) in [5.41, 5.74) is 0. The molecule has 0 aliphatic carbocycles. The molecule has 1 atom stereocenters. The van der Waals surface area contributed by atoms with E-state index in [2.05, 4.69) is 32.6 Å². The number of Topliss-reactive ketones (excluding diaryl/α,β-unsaturated/α-hetero) is 1. The van der Waals surface area contributed by atoms with Crippen molar-refractivity contribution in [3.8, 4) is 0 Å². The molecule has 1 unspecified atom stereocenters. The molecule has 1 fully saturated rings. The van der Waals surface area contributed by atoms with Crippen LogP contribution in [0.25, 0.3) is 0 Å². The van der Waals surface area contributed by atoms with E-state index in [9.17, 15) is 4.79 Å². The molecule has 0 bridgehead atoms. The molecule has 0 saturated carbocycles. The van der Waals surface area contributed by atoms with Crippen LogP contribution >= 0.6 is 0 Å². The monoisotopic (exact) mass is 227 g/mol. The van der Waals surface area contributed by atoms with Crippen LogP contribution in [0.2, 0.25) is 0 Å². The van der Waals surface area contributed by atoms with Crippen molar-refractivity contribution in [2.45, 2.75) is 40.2 Å². The Labute approximate surface area is 99.1 Å². The Morgan fingerprint density at radius 2 is 2.06 bits per heavy atom. The maximum atomic E-state index is 11.7. The third-order valence-electron chi connectivity index (χ3n) is 3.05. The van der Waals surface area contributed by atoms with E-state index in [-0.39, 0.29) is 5.92 Å². The molecule has 3 nitrogen and oxygen atoms in total. The number of hydrogen-bond acceptors (Lipinski definition) is 3. The average Bonchev–Trinajstić information content (AvgIpc) is 2.19. The van der Waals surface area contributed by atoms with Crippen LogP contribution in [0.5, 0.6) is 0 Å². The number of nitrogens with zero attached hydrogens (tertiary/aromatic N) is 1. The molecule has 1 saturated heterocycles. The highest BCUT2D eigenvalue weighted by molar-refractivity contribution is 5.82. The van der Waals surface area contributed by atoms with Crippen molar-refractivity contribution >= 4 is 5.78 Å². The zero-order valence-corrected chi connectivity index (χ0v) is 11.0. The van der Waals surface area contributed by atoms with Crippen LogP contribution in [0.1, 0.15) is 34.1 Å². The summed E-state index contributed by atoms with van der Waals surface area (Å²) < 4.78 is 5.39. The number of ketones is 1. The van der Waals surface area contributed by atoms with E-state index in [1.165, 1.54) is 0 Å². The van der Waals surface area contributed by atoms with E-state index in [1.807, 2.05) is 0 Å². The fraction of sp³-hybridized carbons (Fsp3) is 0.923. The van der Waals surface area contributed by atoms with E-state index < -0.39 is 0 Å². The van der Waals surface area contributed by atoms with Gasteiger partial charge < -0.3 is 4.74 Å². The number of carbonyl (C=O) groups is 1. The van der Waals surface area contributed by atoms with E-state index in [0.717, 1.165) is 13.1 Å². The first-order valence-electron chi connectivity index (χ1n) is 6.35. The highest BCUT2D eigenvalue weighted by atomic mass is 16.5. The van der Waals surface area contributed by atoms with Gasteiger partial charge in [-0.3, -0.25) is 9.69 Å². The molecule has 0 N–H and O–H groups in total. The smallest absolute Gasteiger partial charge is 0.141 e. The van der Waals surface area contributed by atoms with Gasteiger partial charge in [-0.2, -0.15) is 0 Å². The van der Waals surface area contributed by atoms with Crippen molar-refractivity contribution < 1.29 is 9.53 Å². The van der Waals surface area contributed by atoms with Gasteiger partial charge in [0.15, 0.2) is 0 Å². The predicted molar refractivity (Wildman–Crippen MR) is 65.5 cm³/mol. The van der Waals surface area contributed by atoms with Gasteiger partial charge in [-0.1, -0.05) is 13.8 Å². The van der Waals surface area contributed by atoms with Crippen LogP contribution in [-0.4, -0.2) is 43.0 Å². The maximum Gasteiger partial charge on any atom is 0.141 e. The van der Waals surface area contributed by atoms with Crippen molar-refractivity contribution in [3.63, 3.8) is 0 Å². The van der Waals surface area contributed by atoms with Gasteiger partial charge in [-0.25, -0.2) is 0 Å². The van der Waals surface area contributed by atoms with Crippen LogP contribution in [0.3, 0.4) is 0 Å². The Morgan fingerprint density at radius 3 is 2.56 bits per heavy atom. The molecule has 3 heteroatoms.